The molecule has 1 aromatic heterocycles. The minimum absolute atomic E-state index is 0.0863. The Morgan fingerprint density at radius 3 is 2.79 bits per heavy atom. The molecule has 150 valence electrons. The van der Waals surface area contributed by atoms with E-state index < -0.39 is 0 Å². The van der Waals surface area contributed by atoms with Crippen LogP contribution in [0, 0.1) is 5.92 Å². The molecule has 1 aromatic carbocycles. The van der Waals surface area contributed by atoms with Gasteiger partial charge in [0.25, 0.3) is 0 Å². The molecule has 0 saturated carbocycles. The number of ether oxygens (including phenoxy) is 2. The van der Waals surface area contributed by atoms with E-state index in [-0.39, 0.29) is 11.8 Å². The summed E-state index contributed by atoms with van der Waals surface area (Å²) in [7, 11) is 3.56. The highest BCUT2D eigenvalue weighted by molar-refractivity contribution is 5.79. The molecule has 3 rings (SSSR count). The Morgan fingerprint density at radius 1 is 1.14 bits per heavy atom. The lowest BCUT2D eigenvalue weighted by atomic mass is 9.95. The summed E-state index contributed by atoms with van der Waals surface area (Å²) in [5.74, 6) is 2.06. The summed E-state index contributed by atoms with van der Waals surface area (Å²) in [5, 5.41) is 0. The number of aryl methyl sites for hydroxylation is 1. The van der Waals surface area contributed by atoms with E-state index in [9.17, 15) is 4.79 Å². The first kappa shape index (κ1) is 20.2. The van der Waals surface area contributed by atoms with Crippen molar-refractivity contribution >= 4 is 5.91 Å². The molecule has 0 unspecified atom stereocenters. The zero-order valence-electron chi connectivity index (χ0n) is 17.1. The Kier molecular flexibility index (Phi) is 6.90. The van der Waals surface area contributed by atoms with Gasteiger partial charge in [0, 0.05) is 37.5 Å². The van der Waals surface area contributed by atoms with E-state index in [0.717, 1.165) is 49.3 Å². The van der Waals surface area contributed by atoms with Crippen LogP contribution in [-0.2, 0) is 24.2 Å². The summed E-state index contributed by atoms with van der Waals surface area (Å²) in [6.07, 6.45) is 6.37. The zero-order valence-corrected chi connectivity index (χ0v) is 17.1. The van der Waals surface area contributed by atoms with Gasteiger partial charge in [0.1, 0.15) is 11.5 Å². The van der Waals surface area contributed by atoms with E-state index in [1.165, 1.54) is 11.1 Å². The quantitative estimate of drug-likeness (QED) is 0.647. The van der Waals surface area contributed by atoms with Crippen LogP contribution in [0.5, 0.6) is 11.5 Å². The lowest BCUT2D eigenvalue weighted by Gasteiger charge is -2.18. The van der Waals surface area contributed by atoms with Gasteiger partial charge in [0.05, 0.1) is 13.7 Å². The third kappa shape index (κ3) is 5.03. The van der Waals surface area contributed by atoms with E-state index in [4.69, 9.17) is 9.47 Å². The fourth-order valence-electron chi connectivity index (χ4n) is 3.67. The SMILES string of the molecule is CC[C@@H]1Cc2ccc(OCCCCc3cc(OC)ccn3)cc2CN(C)C1=O. The van der Waals surface area contributed by atoms with Gasteiger partial charge in [-0.15, -0.1) is 0 Å². The van der Waals surface area contributed by atoms with E-state index in [1.807, 2.05) is 30.1 Å². The molecule has 0 bridgehead atoms. The average Bonchev–Trinajstić information content (AvgIpc) is 2.83. The molecule has 0 N–H and O–H groups in total. The largest absolute Gasteiger partial charge is 0.497 e. The summed E-state index contributed by atoms with van der Waals surface area (Å²) in [5.41, 5.74) is 3.51. The van der Waals surface area contributed by atoms with Crippen LogP contribution in [0.3, 0.4) is 0 Å². The van der Waals surface area contributed by atoms with Gasteiger partial charge in [-0.25, -0.2) is 0 Å². The van der Waals surface area contributed by atoms with Crippen molar-refractivity contribution < 1.29 is 14.3 Å². The second kappa shape index (κ2) is 9.58. The fraction of sp³-hybridized carbons (Fsp3) is 0.478. The lowest BCUT2D eigenvalue weighted by molar-refractivity contribution is -0.134. The Bertz CT molecular complexity index is 806. The second-order valence-corrected chi connectivity index (χ2v) is 7.43. The maximum Gasteiger partial charge on any atom is 0.226 e. The summed E-state index contributed by atoms with van der Waals surface area (Å²) in [4.78, 5) is 18.6. The number of nitrogens with zero attached hydrogens (tertiary/aromatic N) is 2. The number of hydrogen-bond acceptors (Lipinski definition) is 4. The summed E-state index contributed by atoms with van der Waals surface area (Å²) >= 11 is 0. The Balaban J connectivity index is 1.50. The van der Waals surface area contributed by atoms with Crippen LogP contribution in [0.1, 0.15) is 43.0 Å². The van der Waals surface area contributed by atoms with Crippen LogP contribution in [0.15, 0.2) is 36.5 Å². The molecule has 5 heteroatoms. The van der Waals surface area contributed by atoms with Gasteiger partial charge >= 0.3 is 0 Å². The highest BCUT2D eigenvalue weighted by atomic mass is 16.5. The number of hydrogen-bond donors (Lipinski definition) is 0. The topological polar surface area (TPSA) is 51.7 Å². The number of amides is 1. The lowest BCUT2D eigenvalue weighted by Crippen LogP contribution is -2.30. The predicted molar refractivity (Wildman–Crippen MR) is 110 cm³/mol. The highest BCUT2D eigenvalue weighted by Crippen LogP contribution is 2.27. The molecule has 2 aromatic rings. The van der Waals surface area contributed by atoms with Crippen molar-refractivity contribution in [2.45, 2.75) is 45.6 Å². The molecule has 0 fully saturated rings. The Labute approximate surface area is 167 Å². The van der Waals surface area contributed by atoms with Crippen molar-refractivity contribution in [3.8, 4) is 11.5 Å². The van der Waals surface area contributed by atoms with Gasteiger partial charge in [-0.2, -0.15) is 0 Å². The number of rotatable bonds is 8. The zero-order chi connectivity index (χ0) is 19.9. The van der Waals surface area contributed by atoms with E-state index >= 15 is 0 Å². The summed E-state index contributed by atoms with van der Waals surface area (Å²) < 4.78 is 11.2. The van der Waals surface area contributed by atoms with Crippen molar-refractivity contribution in [2.24, 2.45) is 5.92 Å². The van der Waals surface area contributed by atoms with Crippen LogP contribution >= 0.6 is 0 Å². The Hall–Kier alpha value is -2.56. The van der Waals surface area contributed by atoms with E-state index in [0.29, 0.717) is 13.2 Å². The van der Waals surface area contributed by atoms with Crippen LogP contribution in [-0.4, -0.2) is 36.6 Å². The molecule has 0 saturated heterocycles. The van der Waals surface area contributed by atoms with Gasteiger partial charge < -0.3 is 14.4 Å². The third-order valence-corrected chi connectivity index (χ3v) is 5.39. The maximum atomic E-state index is 12.4. The number of pyridine rings is 1. The molecule has 2 heterocycles. The minimum atomic E-state index is 0.0863. The van der Waals surface area contributed by atoms with Gasteiger partial charge in [-0.3, -0.25) is 9.78 Å². The molecular weight excluding hydrogens is 352 g/mol. The van der Waals surface area contributed by atoms with Gasteiger partial charge in [0.15, 0.2) is 0 Å². The normalized spacial score (nSPS) is 16.5. The van der Waals surface area contributed by atoms with Crippen LogP contribution in [0.25, 0.3) is 0 Å². The minimum Gasteiger partial charge on any atom is -0.497 e. The first-order chi connectivity index (χ1) is 13.6. The molecular formula is C23H30N2O3. The van der Waals surface area contributed by atoms with Crippen LogP contribution < -0.4 is 9.47 Å². The molecule has 28 heavy (non-hydrogen) atoms. The predicted octanol–water partition coefficient (Wildman–Crippen LogP) is 4.03. The average molecular weight is 383 g/mol. The third-order valence-electron chi connectivity index (χ3n) is 5.39. The number of aromatic nitrogens is 1. The van der Waals surface area contributed by atoms with Gasteiger partial charge in [-0.1, -0.05) is 13.0 Å². The molecule has 0 radical (unpaired) electrons. The molecule has 1 atom stereocenters. The van der Waals surface area contributed by atoms with Crippen molar-refractivity contribution in [1.82, 2.24) is 9.88 Å². The number of carbonyl (C=O) groups excluding carboxylic acids is 1. The summed E-state index contributed by atoms with van der Waals surface area (Å²) in [6.45, 7) is 3.42. The highest BCUT2D eigenvalue weighted by Gasteiger charge is 2.26. The van der Waals surface area contributed by atoms with Crippen molar-refractivity contribution in [1.29, 1.82) is 0 Å². The Morgan fingerprint density at radius 2 is 2.00 bits per heavy atom. The van der Waals surface area contributed by atoms with E-state index in [1.54, 1.807) is 13.3 Å². The molecule has 0 aliphatic carbocycles. The standard InChI is InChI=1S/C23H30N2O3/c1-4-17-13-18-8-9-22(14-19(18)16-25(2)23(17)26)28-12-6-5-7-20-15-21(27-3)10-11-24-20/h8-11,14-15,17H,4-7,12-13,16H2,1-3H3/t17-/m1/s1. The summed E-state index contributed by atoms with van der Waals surface area (Å²) in [6, 6.07) is 10.1. The monoisotopic (exact) mass is 382 g/mol. The van der Waals surface area contributed by atoms with Crippen molar-refractivity contribution in [3.63, 3.8) is 0 Å². The first-order valence-corrected chi connectivity index (χ1v) is 10.1. The first-order valence-electron chi connectivity index (χ1n) is 10.1. The number of methoxy groups -OCH3 is 1. The molecule has 1 amide bonds. The smallest absolute Gasteiger partial charge is 0.226 e. The molecule has 5 nitrogen and oxygen atoms in total. The van der Waals surface area contributed by atoms with Gasteiger partial charge in [-0.05, 0) is 61.4 Å². The van der Waals surface area contributed by atoms with E-state index in [2.05, 4.69) is 24.0 Å². The number of fused-ring (bicyclic) bond motifs is 1. The molecule has 1 aliphatic heterocycles. The number of benzene rings is 1. The molecule has 1 aliphatic rings. The number of carbonyl (C=O) groups is 1. The van der Waals surface area contributed by atoms with Crippen molar-refractivity contribution in [3.05, 3.63) is 53.3 Å². The van der Waals surface area contributed by atoms with Crippen molar-refractivity contribution in [2.75, 3.05) is 20.8 Å². The van der Waals surface area contributed by atoms with Crippen LogP contribution in [0.2, 0.25) is 0 Å². The maximum absolute atomic E-state index is 12.4. The second-order valence-electron chi connectivity index (χ2n) is 7.43. The van der Waals surface area contributed by atoms with Crippen LogP contribution in [0.4, 0.5) is 0 Å². The number of unbranched alkanes of at least 4 members (excludes halogenated alkanes) is 1. The molecule has 0 spiro atoms. The fourth-order valence-corrected chi connectivity index (χ4v) is 3.67. The van der Waals surface area contributed by atoms with Gasteiger partial charge in [0.2, 0.25) is 5.91 Å².